The molecule has 0 fully saturated rings. The number of nitrogens with zero attached hydrogens (tertiary/aromatic N) is 2. The number of benzene rings is 2. The van der Waals surface area contributed by atoms with Crippen LogP contribution in [0, 0.1) is 0 Å². The predicted octanol–water partition coefficient (Wildman–Crippen LogP) is 5.17. The summed E-state index contributed by atoms with van der Waals surface area (Å²) >= 11 is 1.65. The summed E-state index contributed by atoms with van der Waals surface area (Å²) in [6, 6.07) is 18.8. The number of imidazole rings is 1. The van der Waals surface area contributed by atoms with E-state index in [0.717, 1.165) is 39.6 Å². The summed E-state index contributed by atoms with van der Waals surface area (Å²) in [5.74, 6) is 0. The number of aryl methyl sites for hydroxylation is 1. The van der Waals surface area contributed by atoms with Crippen LogP contribution in [0.15, 0.2) is 60.8 Å². The third-order valence-corrected chi connectivity index (χ3v) is 5.43. The fraction of sp³-hybridized carbons (Fsp3) is 0.190. The van der Waals surface area contributed by atoms with E-state index >= 15 is 0 Å². The van der Waals surface area contributed by atoms with Crippen molar-refractivity contribution in [2.75, 3.05) is 0 Å². The minimum absolute atomic E-state index is 0.0296. The molecule has 4 aromatic rings. The van der Waals surface area contributed by atoms with Crippen LogP contribution in [-0.2, 0) is 13.0 Å². The summed E-state index contributed by atoms with van der Waals surface area (Å²) in [6.45, 7) is 2.16. The molecule has 2 heterocycles. The Morgan fingerprint density at radius 3 is 2.44 bits per heavy atom. The highest BCUT2D eigenvalue weighted by Gasteiger charge is 2.16. The lowest BCUT2D eigenvalue weighted by atomic mass is 10.1. The molecule has 4 heteroatoms. The van der Waals surface area contributed by atoms with Crippen LogP contribution in [0.4, 0.5) is 0 Å². The Hall–Kier alpha value is -2.43. The van der Waals surface area contributed by atoms with Gasteiger partial charge in [-0.3, -0.25) is 4.40 Å². The summed E-state index contributed by atoms with van der Waals surface area (Å²) in [5.41, 5.74) is 5.28. The second-order valence-corrected chi connectivity index (χ2v) is 7.14. The van der Waals surface area contributed by atoms with E-state index < -0.39 is 0 Å². The third-order valence-electron chi connectivity index (χ3n) is 4.40. The van der Waals surface area contributed by atoms with Gasteiger partial charge >= 0.3 is 0 Å². The van der Waals surface area contributed by atoms with Crippen molar-refractivity contribution in [1.29, 1.82) is 0 Å². The predicted molar refractivity (Wildman–Crippen MR) is 104 cm³/mol. The Morgan fingerprint density at radius 2 is 1.76 bits per heavy atom. The Balaban J connectivity index is 1.76. The van der Waals surface area contributed by atoms with Crippen LogP contribution in [0.25, 0.3) is 26.7 Å². The molecule has 0 aliphatic rings. The number of aromatic nitrogens is 2. The number of hydrogen-bond acceptors (Lipinski definition) is 3. The van der Waals surface area contributed by atoms with Gasteiger partial charge in [-0.2, -0.15) is 0 Å². The first kappa shape index (κ1) is 16.1. The van der Waals surface area contributed by atoms with Crippen molar-refractivity contribution in [1.82, 2.24) is 9.38 Å². The van der Waals surface area contributed by atoms with Gasteiger partial charge in [0.25, 0.3) is 0 Å². The summed E-state index contributed by atoms with van der Waals surface area (Å²) in [5, 5.41) is 9.93. The number of thiazole rings is 1. The van der Waals surface area contributed by atoms with Crippen molar-refractivity contribution in [3.63, 3.8) is 0 Å². The Morgan fingerprint density at radius 1 is 1.00 bits per heavy atom. The summed E-state index contributed by atoms with van der Waals surface area (Å²) in [4.78, 5) is 6.86. The SMILES string of the molecule is CCCc1ccc(-c2nc3sc(-c4ccccc4)cn3c2CO)cc1. The van der Waals surface area contributed by atoms with E-state index in [1.54, 1.807) is 11.3 Å². The molecule has 0 saturated heterocycles. The monoisotopic (exact) mass is 348 g/mol. The van der Waals surface area contributed by atoms with Crippen LogP contribution in [0.5, 0.6) is 0 Å². The number of fused-ring (bicyclic) bond motifs is 1. The summed E-state index contributed by atoms with van der Waals surface area (Å²) < 4.78 is 2.02. The van der Waals surface area contributed by atoms with Gasteiger partial charge in [-0.1, -0.05) is 79.3 Å². The van der Waals surface area contributed by atoms with Crippen LogP contribution in [0.1, 0.15) is 24.6 Å². The minimum atomic E-state index is -0.0296. The number of hydrogen-bond donors (Lipinski definition) is 1. The molecule has 126 valence electrons. The van der Waals surface area contributed by atoms with Crippen molar-refractivity contribution >= 4 is 16.3 Å². The van der Waals surface area contributed by atoms with Crippen molar-refractivity contribution in [3.05, 3.63) is 72.1 Å². The van der Waals surface area contributed by atoms with Gasteiger partial charge in [-0.25, -0.2) is 4.98 Å². The second-order valence-electron chi connectivity index (χ2n) is 6.13. The lowest BCUT2D eigenvalue weighted by Crippen LogP contribution is -1.93. The average Bonchev–Trinajstić information content (AvgIpc) is 3.21. The van der Waals surface area contributed by atoms with Gasteiger partial charge in [-0.15, -0.1) is 0 Å². The smallest absolute Gasteiger partial charge is 0.195 e. The maximum absolute atomic E-state index is 9.93. The van der Waals surface area contributed by atoms with Gasteiger partial charge in [0.2, 0.25) is 0 Å². The number of aliphatic hydroxyl groups excluding tert-OH is 1. The molecule has 0 amide bonds. The molecule has 1 N–H and O–H groups in total. The quantitative estimate of drug-likeness (QED) is 0.540. The lowest BCUT2D eigenvalue weighted by Gasteiger charge is -2.04. The normalized spacial score (nSPS) is 11.3. The highest BCUT2D eigenvalue weighted by atomic mass is 32.1. The van der Waals surface area contributed by atoms with E-state index in [1.165, 1.54) is 11.1 Å². The van der Waals surface area contributed by atoms with Crippen LogP contribution < -0.4 is 0 Å². The number of rotatable bonds is 5. The zero-order valence-electron chi connectivity index (χ0n) is 14.1. The van der Waals surface area contributed by atoms with E-state index in [1.807, 2.05) is 22.6 Å². The highest BCUT2D eigenvalue weighted by molar-refractivity contribution is 7.20. The van der Waals surface area contributed by atoms with Gasteiger partial charge in [0, 0.05) is 11.8 Å². The molecule has 0 unspecified atom stereocenters. The topological polar surface area (TPSA) is 37.5 Å². The van der Waals surface area contributed by atoms with Gasteiger partial charge in [0.1, 0.15) is 0 Å². The van der Waals surface area contributed by atoms with E-state index in [-0.39, 0.29) is 6.61 Å². The number of aliphatic hydroxyl groups is 1. The highest BCUT2D eigenvalue weighted by Crippen LogP contribution is 2.33. The van der Waals surface area contributed by atoms with Crippen LogP contribution in [0.3, 0.4) is 0 Å². The van der Waals surface area contributed by atoms with Gasteiger partial charge < -0.3 is 5.11 Å². The van der Waals surface area contributed by atoms with Gasteiger partial charge in [0.05, 0.1) is 22.9 Å². The van der Waals surface area contributed by atoms with Gasteiger partial charge in [0.15, 0.2) is 4.96 Å². The molecule has 0 saturated carbocycles. The molecule has 25 heavy (non-hydrogen) atoms. The zero-order valence-corrected chi connectivity index (χ0v) is 15.0. The zero-order chi connectivity index (χ0) is 17.2. The van der Waals surface area contributed by atoms with Crippen LogP contribution >= 0.6 is 11.3 Å². The fourth-order valence-electron chi connectivity index (χ4n) is 3.13. The molecule has 0 aliphatic carbocycles. The first-order chi connectivity index (χ1) is 12.3. The minimum Gasteiger partial charge on any atom is -0.390 e. The van der Waals surface area contributed by atoms with Crippen molar-refractivity contribution in [2.45, 2.75) is 26.4 Å². The first-order valence-corrected chi connectivity index (χ1v) is 9.38. The Kier molecular flexibility index (Phi) is 4.38. The standard InChI is InChI=1S/C21H20N2OS/c1-2-6-15-9-11-17(12-10-15)20-18(14-24)23-13-19(25-21(23)22-20)16-7-4-3-5-8-16/h3-5,7-13,24H,2,6,14H2,1H3. The molecular weight excluding hydrogens is 328 g/mol. The molecule has 0 bridgehead atoms. The molecular formula is C21H20N2OS. The maximum Gasteiger partial charge on any atom is 0.195 e. The molecule has 0 radical (unpaired) electrons. The average molecular weight is 348 g/mol. The van der Waals surface area contributed by atoms with E-state index in [0.29, 0.717) is 0 Å². The van der Waals surface area contributed by atoms with Gasteiger partial charge in [-0.05, 0) is 17.5 Å². The third kappa shape index (κ3) is 2.99. The van der Waals surface area contributed by atoms with Crippen LogP contribution in [-0.4, -0.2) is 14.5 Å². The summed E-state index contributed by atoms with van der Waals surface area (Å²) in [6.07, 6.45) is 4.30. The fourth-order valence-corrected chi connectivity index (χ4v) is 4.13. The summed E-state index contributed by atoms with van der Waals surface area (Å²) in [7, 11) is 0. The molecule has 2 aromatic carbocycles. The van der Waals surface area contributed by atoms with Crippen molar-refractivity contribution in [2.24, 2.45) is 0 Å². The molecule has 0 spiro atoms. The maximum atomic E-state index is 9.93. The van der Waals surface area contributed by atoms with Crippen molar-refractivity contribution < 1.29 is 5.11 Å². The van der Waals surface area contributed by atoms with Crippen LogP contribution in [0.2, 0.25) is 0 Å². The molecule has 0 aliphatic heterocycles. The van der Waals surface area contributed by atoms with Crippen molar-refractivity contribution in [3.8, 4) is 21.7 Å². The Bertz CT molecular complexity index is 984. The molecule has 2 aromatic heterocycles. The molecule has 3 nitrogen and oxygen atoms in total. The van der Waals surface area contributed by atoms with E-state index in [2.05, 4.69) is 49.5 Å². The largest absolute Gasteiger partial charge is 0.390 e. The van der Waals surface area contributed by atoms with E-state index in [9.17, 15) is 5.11 Å². The first-order valence-electron chi connectivity index (χ1n) is 8.56. The second kappa shape index (κ2) is 6.82. The Labute approximate surface area is 151 Å². The lowest BCUT2D eigenvalue weighted by molar-refractivity contribution is 0.276. The molecule has 4 rings (SSSR count). The molecule has 0 atom stereocenters. The van der Waals surface area contributed by atoms with E-state index in [4.69, 9.17) is 4.98 Å².